The van der Waals surface area contributed by atoms with Crippen LogP contribution in [-0.2, 0) is 21.2 Å². The Balaban J connectivity index is 1.45. The Morgan fingerprint density at radius 2 is 1.78 bits per heavy atom. The molecule has 2 fully saturated rings. The number of hydrogen-bond donors (Lipinski definition) is 0. The number of benzene rings is 1. The molecule has 0 saturated carbocycles. The van der Waals surface area contributed by atoms with Crippen molar-refractivity contribution in [3.05, 3.63) is 35.9 Å². The number of carbonyl (C=O) groups is 1. The smallest absolute Gasteiger partial charge is 0.222 e. The summed E-state index contributed by atoms with van der Waals surface area (Å²) in [4.78, 5) is 16.5. The fourth-order valence-electron chi connectivity index (χ4n) is 3.40. The van der Waals surface area contributed by atoms with Crippen LogP contribution in [0.1, 0.15) is 18.4 Å². The minimum atomic E-state index is -2.92. The van der Waals surface area contributed by atoms with E-state index < -0.39 is 9.84 Å². The summed E-state index contributed by atoms with van der Waals surface area (Å²) >= 11 is 0. The quantitative estimate of drug-likeness (QED) is 0.828. The van der Waals surface area contributed by atoms with Crippen LogP contribution in [0.4, 0.5) is 0 Å². The maximum absolute atomic E-state index is 12.3. The minimum absolute atomic E-state index is 0.115. The van der Waals surface area contributed by atoms with Gasteiger partial charge < -0.3 is 4.90 Å². The summed E-state index contributed by atoms with van der Waals surface area (Å²) in [6.45, 7) is 3.64. The van der Waals surface area contributed by atoms with Gasteiger partial charge in [0.15, 0.2) is 9.84 Å². The summed E-state index contributed by atoms with van der Waals surface area (Å²) < 4.78 is 22.9. The highest BCUT2D eigenvalue weighted by Gasteiger charge is 2.29. The van der Waals surface area contributed by atoms with E-state index in [9.17, 15) is 13.2 Å². The van der Waals surface area contributed by atoms with Crippen LogP contribution in [-0.4, -0.2) is 61.8 Å². The zero-order chi connectivity index (χ0) is 16.3. The summed E-state index contributed by atoms with van der Waals surface area (Å²) in [6.07, 6.45) is 1.59. The normalized spacial score (nSPS) is 24.7. The molecule has 2 aliphatic rings. The third-order valence-electron chi connectivity index (χ3n) is 4.78. The Bertz CT molecular complexity index is 631. The second-order valence-electron chi connectivity index (χ2n) is 6.61. The first kappa shape index (κ1) is 16.5. The fraction of sp³-hybridized carbons (Fsp3) is 0.588. The molecule has 2 aliphatic heterocycles. The molecule has 3 rings (SSSR count). The summed E-state index contributed by atoms with van der Waals surface area (Å²) in [6, 6.07) is 10.4. The standard InChI is InChI=1S/C17H24N2O3S/c20-17(19-8-10-23(21,22)11-9-19)12-16-6-7-18(14-16)13-15-4-2-1-3-5-15/h1-5,16H,6-14H2. The fourth-order valence-corrected chi connectivity index (χ4v) is 4.60. The first-order valence-corrected chi connectivity index (χ1v) is 10.1. The number of sulfone groups is 1. The van der Waals surface area contributed by atoms with Crippen molar-refractivity contribution < 1.29 is 13.2 Å². The number of likely N-dealkylation sites (tertiary alicyclic amines) is 1. The molecular weight excluding hydrogens is 312 g/mol. The molecule has 1 amide bonds. The highest BCUT2D eigenvalue weighted by atomic mass is 32.2. The van der Waals surface area contributed by atoms with E-state index >= 15 is 0 Å². The Morgan fingerprint density at radius 3 is 2.48 bits per heavy atom. The molecule has 0 spiro atoms. The van der Waals surface area contributed by atoms with Gasteiger partial charge in [0, 0.05) is 32.6 Å². The van der Waals surface area contributed by atoms with Crippen molar-refractivity contribution >= 4 is 15.7 Å². The molecule has 0 bridgehead atoms. The lowest BCUT2D eigenvalue weighted by atomic mass is 10.0. The van der Waals surface area contributed by atoms with Gasteiger partial charge in [0.25, 0.3) is 0 Å². The van der Waals surface area contributed by atoms with Crippen LogP contribution in [0, 0.1) is 5.92 Å². The van der Waals surface area contributed by atoms with Crippen LogP contribution in [0.2, 0.25) is 0 Å². The molecule has 1 atom stereocenters. The molecule has 1 aromatic carbocycles. The van der Waals surface area contributed by atoms with Crippen LogP contribution in [0.15, 0.2) is 30.3 Å². The van der Waals surface area contributed by atoms with Crippen molar-refractivity contribution in [1.29, 1.82) is 0 Å². The Morgan fingerprint density at radius 1 is 1.09 bits per heavy atom. The summed E-state index contributed by atoms with van der Waals surface area (Å²) in [5.74, 6) is 0.740. The van der Waals surface area contributed by atoms with Gasteiger partial charge in [0.2, 0.25) is 5.91 Å². The van der Waals surface area contributed by atoms with Crippen molar-refractivity contribution in [3.8, 4) is 0 Å². The lowest BCUT2D eigenvalue weighted by Crippen LogP contribution is -2.44. The Kier molecular flexibility index (Phi) is 5.02. The van der Waals surface area contributed by atoms with Gasteiger partial charge in [0.05, 0.1) is 11.5 Å². The summed E-state index contributed by atoms with van der Waals surface area (Å²) in [5.41, 5.74) is 1.31. The van der Waals surface area contributed by atoms with E-state index in [0.717, 1.165) is 26.1 Å². The number of rotatable bonds is 4. The first-order chi connectivity index (χ1) is 11.0. The first-order valence-electron chi connectivity index (χ1n) is 8.26. The SMILES string of the molecule is O=C(CC1CCN(Cc2ccccc2)C1)N1CCS(=O)(=O)CC1. The molecule has 0 N–H and O–H groups in total. The molecule has 5 nitrogen and oxygen atoms in total. The maximum Gasteiger partial charge on any atom is 0.222 e. The zero-order valence-corrected chi connectivity index (χ0v) is 14.2. The van der Waals surface area contributed by atoms with Gasteiger partial charge >= 0.3 is 0 Å². The van der Waals surface area contributed by atoms with E-state index in [1.807, 2.05) is 6.07 Å². The Hall–Kier alpha value is -1.40. The van der Waals surface area contributed by atoms with Crippen LogP contribution in [0.25, 0.3) is 0 Å². The zero-order valence-electron chi connectivity index (χ0n) is 13.4. The Labute approximate surface area is 138 Å². The highest BCUT2D eigenvalue weighted by Crippen LogP contribution is 2.22. The van der Waals surface area contributed by atoms with E-state index in [-0.39, 0.29) is 17.4 Å². The van der Waals surface area contributed by atoms with E-state index in [2.05, 4.69) is 29.2 Å². The highest BCUT2D eigenvalue weighted by molar-refractivity contribution is 7.91. The van der Waals surface area contributed by atoms with E-state index in [0.29, 0.717) is 25.4 Å². The van der Waals surface area contributed by atoms with Gasteiger partial charge in [-0.3, -0.25) is 9.69 Å². The summed E-state index contributed by atoms with van der Waals surface area (Å²) in [7, 11) is -2.92. The van der Waals surface area contributed by atoms with Gasteiger partial charge in [-0.25, -0.2) is 8.42 Å². The number of hydrogen-bond acceptors (Lipinski definition) is 4. The third-order valence-corrected chi connectivity index (χ3v) is 6.39. The molecule has 23 heavy (non-hydrogen) atoms. The molecular formula is C17H24N2O3S. The second kappa shape index (κ2) is 7.01. The molecule has 2 heterocycles. The molecule has 6 heteroatoms. The van der Waals surface area contributed by atoms with Gasteiger partial charge in [-0.1, -0.05) is 30.3 Å². The number of amides is 1. The van der Waals surface area contributed by atoms with Gasteiger partial charge in [-0.2, -0.15) is 0 Å². The molecule has 126 valence electrons. The van der Waals surface area contributed by atoms with E-state index in [1.165, 1.54) is 5.56 Å². The van der Waals surface area contributed by atoms with Gasteiger partial charge in [-0.05, 0) is 24.4 Å². The van der Waals surface area contributed by atoms with Crippen molar-refractivity contribution in [2.75, 3.05) is 37.7 Å². The number of nitrogens with zero attached hydrogens (tertiary/aromatic N) is 2. The van der Waals surface area contributed by atoms with Crippen LogP contribution in [0.5, 0.6) is 0 Å². The maximum atomic E-state index is 12.3. The minimum Gasteiger partial charge on any atom is -0.341 e. The van der Waals surface area contributed by atoms with Crippen molar-refractivity contribution in [2.24, 2.45) is 5.92 Å². The molecule has 0 aromatic heterocycles. The molecule has 1 aromatic rings. The average Bonchev–Trinajstić information content (AvgIpc) is 2.95. The largest absolute Gasteiger partial charge is 0.341 e. The topological polar surface area (TPSA) is 57.7 Å². The van der Waals surface area contributed by atoms with Gasteiger partial charge in [-0.15, -0.1) is 0 Å². The van der Waals surface area contributed by atoms with Crippen molar-refractivity contribution in [1.82, 2.24) is 9.80 Å². The molecule has 2 saturated heterocycles. The molecule has 0 radical (unpaired) electrons. The molecule has 0 aliphatic carbocycles. The number of carbonyl (C=O) groups excluding carboxylic acids is 1. The summed E-state index contributed by atoms with van der Waals surface area (Å²) in [5, 5.41) is 0. The van der Waals surface area contributed by atoms with Crippen LogP contribution < -0.4 is 0 Å². The van der Waals surface area contributed by atoms with Crippen molar-refractivity contribution in [3.63, 3.8) is 0 Å². The lowest BCUT2D eigenvalue weighted by Gasteiger charge is -2.27. The van der Waals surface area contributed by atoms with Crippen molar-refractivity contribution in [2.45, 2.75) is 19.4 Å². The monoisotopic (exact) mass is 336 g/mol. The van der Waals surface area contributed by atoms with E-state index in [1.54, 1.807) is 4.90 Å². The average molecular weight is 336 g/mol. The van der Waals surface area contributed by atoms with Crippen LogP contribution in [0.3, 0.4) is 0 Å². The third kappa shape index (κ3) is 4.54. The molecule has 1 unspecified atom stereocenters. The lowest BCUT2D eigenvalue weighted by molar-refractivity contribution is -0.131. The second-order valence-corrected chi connectivity index (χ2v) is 8.92. The predicted molar refractivity (Wildman–Crippen MR) is 89.7 cm³/mol. The van der Waals surface area contributed by atoms with Crippen LogP contribution >= 0.6 is 0 Å². The predicted octanol–water partition coefficient (Wildman–Crippen LogP) is 1.16. The van der Waals surface area contributed by atoms with E-state index in [4.69, 9.17) is 0 Å². The van der Waals surface area contributed by atoms with Gasteiger partial charge in [0.1, 0.15) is 0 Å².